The third kappa shape index (κ3) is 4.09. The van der Waals surface area contributed by atoms with E-state index in [9.17, 15) is 4.79 Å². The summed E-state index contributed by atoms with van der Waals surface area (Å²) in [5, 5.41) is 3.30. The van der Waals surface area contributed by atoms with Crippen LogP contribution in [0.25, 0.3) is 6.08 Å². The van der Waals surface area contributed by atoms with Gasteiger partial charge >= 0.3 is 0 Å². The van der Waals surface area contributed by atoms with E-state index in [0.29, 0.717) is 16.5 Å². The molecule has 1 aliphatic heterocycles. The Labute approximate surface area is 146 Å². The molecule has 0 atom stereocenters. The number of anilines is 1. The molecule has 0 radical (unpaired) electrons. The molecular formula is C19H18ClNO3. The second-order valence-corrected chi connectivity index (χ2v) is 6.52. The zero-order chi connectivity index (χ0) is 17.2. The molecule has 1 aliphatic rings. The van der Waals surface area contributed by atoms with Gasteiger partial charge in [0.2, 0.25) is 0 Å². The van der Waals surface area contributed by atoms with Crippen molar-refractivity contribution in [3.05, 3.63) is 59.1 Å². The van der Waals surface area contributed by atoms with Crippen molar-refractivity contribution in [2.24, 2.45) is 0 Å². The van der Waals surface area contributed by atoms with Crippen LogP contribution in [0.1, 0.15) is 19.4 Å². The van der Waals surface area contributed by atoms with Gasteiger partial charge in [-0.1, -0.05) is 23.7 Å². The van der Waals surface area contributed by atoms with Crippen molar-refractivity contribution in [3.8, 4) is 11.5 Å². The quantitative estimate of drug-likeness (QED) is 0.886. The van der Waals surface area contributed by atoms with Crippen molar-refractivity contribution >= 4 is 29.3 Å². The fourth-order valence-electron chi connectivity index (χ4n) is 2.35. The minimum atomic E-state index is -0.352. The van der Waals surface area contributed by atoms with Crippen LogP contribution < -0.4 is 14.8 Å². The molecule has 1 heterocycles. The zero-order valence-electron chi connectivity index (χ0n) is 13.5. The molecule has 24 heavy (non-hydrogen) atoms. The Bertz CT molecular complexity index is 799. The van der Waals surface area contributed by atoms with Crippen LogP contribution in [0.4, 0.5) is 5.69 Å². The van der Waals surface area contributed by atoms with Gasteiger partial charge in [0.05, 0.1) is 0 Å². The van der Waals surface area contributed by atoms with Gasteiger partial charge in [0, 0.05) is 22.3 Å². The van der Waals surface area contributed by atoms with E-state index < -0.39 is 0 Å². The summed E-state index contributed by atoms with van der Waals surface area (Å²) in [6.07, 6.45) is 4.03. The van der Waals surface area contributed by atoms with Crippen molar-refractivity contribution < 1.29 is 14.3 Å². The average molecular weight is 344 g/mol. The fraction of sp³-hybridized carbons (Fsp3) is 0.211. The molecule has 2 aromatic rings. The number of nitrogens with one attached hydrogen (secondary N) is 1. The topological polar surface area (TPSA) is 47.6 Å². The Morgan fingerprint density at radius 1 is 1.25 bits per heavy atom. The van der Waals surface area contributed by atoms with Crippen molar-refractivity contribution in [2.45, 2.75) is 19.4 Å². The fourth-order valence-corrected chi connectivity index (χ4v) is 2.54. The van der Waals surface area contributed by atoms with Crippen LogP contribution >= 0.6 is 11.6 Å². The molecule has 0 aliphatic carbocycles. The smallest absolute Gasteiger partial charge is 0.262 e. The molecule has 4 nitrogen and oxygen atoms in total. The van der Waals surface area contributed by atoms with Crippen LogP contribution in [0.2, 0.25) is 5.02 Å². The molecule has 124 valence electrons. The van der Waals surface area contributed by atoms with Gasteiger partial charge in [0.1, 0.15) is 17.1 Å². The maximum atomic E-state index is 12.0. The molecule has 0 unspecified atom stereocenters. The molecule has 1 amide bonds. The zero-order valence-corrected chi connectivity index (χ0v) is 14.3. The first-order valence-corrected chi connectivity index (χ1v) is 8.00. The third-order valence-electron chi connectivity index (χ3n) is 3.50. The van der Waals surface area contributed by atoms with Crippen LogP contribution in [0.15, 0.2) is 48.5 Å². The molecule has 0 fully saturated rings. The summed E-state index contributed by atoms with van der Waals surface area (Å²) < 4.78 is 11.4. The number of hydrogen-bond acceptors (Lipinski definition) is 3. The monoisotopic (exact) mass is 343 g/mol. The van der Waals surface area contributed by atoms with Gasteiger partial charge in [0.25, 0.3) is 5.91 Å². The summed E-state index contributed by atoms with van der Waals surface area (Å²) >= 11 is 5.89. The summed E-state index contributed by atoms with van der Waals surface area (Å²) in [6, 6.07) is 12.5. The molecule has 3 rings (SSSR count). The second-order valence-electron chi connectivity index (χ2n) is 6.09. The van der Waals surface area contributed by atoms with Crippen molar-refractivity contribution in [3.63, 3.8) is 0 Å². The third-order valence-corrected chi connectivity index (χ3v) is 3.74. The standard InChI is InChI=1S/C19H18ClNO3/c1-19(2)9-8-13-6-7-16(11-17(13)24-19)23-12-18(22)21-15-5-3-4-14(20)10-15/h3-11H,12H2,1-2H3,(H,21,22). The Kier molecular flexibility index (Phi) is 4.49. The SMILES string of the molecule is CC1(C)C=Cc2ccc(OCC(=O)Nc3cccc(Cl)c3)cc2O1. The van der Waals surface area contributed by atoms with Gasteiger partial charge < -0.3 is 14.8 Å². The predicted molar refractivity (Wildman–Crippen MR) is 95.8 cm³/mol. The van der Waals surface area contributed by atoms with Crippen LogP contribution in [0.3, 0.4) is 0 Å². The summed E-state index contributed by atoms with van der Waals surface area (Å²) in [7, 11) is 0. The van der Waals surface area contributed by atoms with Crippen LogP contribution in [-0.2, 0) is 4.79 Å². The summed E-state index contributed by atoms with van der Waals surface area (Å²) in [4.78, 5) is 12.0. The van der Waals surface area contributed by atoms with Crippen molar-refractivity contribution in [1.29, 1.82) is 0 Å². The first-order valence-electron chi connectivity index (χ1n) is 7.62. The molecule has 0 spiro atoms. The van der Waals surface area contributed by atoms with E-state index in [1.165, 1.54) is 0 Å². The van der Waals surface area contributed by atoms with Gasteiger partial charge in [-0.05, 0) is 50.3 Å². The van der Waals surface area contributed by atoms with Crippen molar-refractivity contribution in [2.75, 3.05) is 11.9 Å². The molecule has 2 aromatic carbocycles. The molecule has 0 saturated heterocycles. The lowest BCUT2D eigenvalue weighted by atomic mass is 10.0. The lowest BCUT2D eigenvalue weighted by molar-refractivity contribution is -0.118. The minimum absolute atomic E-state index is 0.0927. The predicted octanol–water partition coefficient (Wildman–Crippen LogP) is 4.54. The molecular weight excluding hydrogens is 326 g/mol. The Balaban J connectivity index is 1.61. The number of carbonyl (C=O) groups excluding carboxylic acids is 1. The summed E-state index contributed by atoms with van der Waals surface area (Å²) in [5.41, 5.74) is 1.28. The first-order chi connectivity index (χ1) is 11.4. The van der Waals surface area contributed by atoms with E-state index in [4.69, 9.17) is 21.1 Å². The van der Waals surface area contributed by atoms with Gasteiger partial charge in [0.15, 0.2) is 6.61 Å². The van der Waals surface area contributed by atoms with Crippen LogP contribution in [0, 0.1) is 0 Å². The summed E-state index contributed by atoms with van der Waals surface area (Å²) in [6.45, 7) is 3.88. The van der Waals surface area contributed by atoms with E-state index in [1.807, 2.05) is 38.1 Å². The van der Waals surface area contributed by atoms with E-state index in [2.05, 4.69) is 5.32 Å². The molecule has 0 saturated carbocycles. The van der Waals surface area contributed by atoms with Gasteiger partial charge in [-0.25, -0.2) is 0 Å². The summed E-state index contributed by atoms with van der Waals surface area (Å²) in [5.74, 6) is 1.08. The van der Waals surface area contributed by atoms with Gasteiger partial charge in [-0.15, -0.1) is 0 Å². The largest absolute Gasteiger partial charge is 0.484 e. The average Bonchev–Trinajstić information content (AvgIpc) is 2.51. The molecule has 1 N–H and O–H groups in total. The number of amides is 1. The van der Waals surface area contributed by atoms with Gasteiger partial charge in [-0.2, -0.15) is 0 Å². The number of halogens is 1. The highest BCUT2D eigenvalue weighted by Gasteiger charge is 2.21. The highest BCUT2D eigenvalue weighted by Crippen LogP contribution is 2.33. The normalized spacial score (nSPS) is 14.5. The first kappa shape index (κ1) is 16.4. The Morgan fingerprint density at radius 2 is 2.08 bits per heavy atom. The minimum Gasteiger partial charge on any atom is -0.484 e. The molecule has 0 aromatic heterocycles. The van der Waals surface area contributed by atoms with E-state index >= 15 is 0 Å². The van der Waals surface area contributed by atoms with Crippen molar-refractivity contribution in [1.82, 2.24) is 0 Å². The van der Waals surface area contributed by atoms with E-state index in [1.54, 1.807) is 30.3 Å². The number of fused-ring (bicyclic) bond motifs is 1. The maximum Gasteiger partial charge on any atom is 0.262 e. The number of ether oxygens (including phenoxy) is 2. The second kappa shape index (κ2) is 6.57. The number of benzene rings is 2. The van der Waals surface area contributed by atoms with Crippen LogP contribution in [0.5, 0.6) is 11.5 Å². The Hall–Kier alpha value is -2.46. The molecule has 5 heteroatoms. The van der Waals surface area contributed by atoms with Gasteiger partial charge in [-0.3, -0.25) is 4.79 Å². The highest BCUT2D eigenvalue weighted by molar-refractivity contribution is 6.30. The van der Waals surface area contributed by atoms with Crippen LogP contribution in [-0.4, -0.2) is 18.1 Å². The maximum absolute atomic E-state index is 12.0. The van der Waals surface area contributed by atoms with E-state index in [0.717, 1.165) is 11.3 Å². The number of carbonyl (C=O) groups is 1. The number of hydrogen-bond donors (Lipinski definition) is 1. The molecule has 0 bridgehead atoms. The lowest BCUT2D eigenvalue weighted by Crippen LogP contribution is -2.27. The highest BCUT2D eigenvalue weighted by atomic mass is 35.5. The number of rotatable bonds is 4. The Morgan fingerprint density at radius 3 is 2.88 bits per heavy atom. The van der Waals surface area contributed by atoms with E-state index in [-0.39, 0.29) is 18.1 Å². The lowest BCUT2D eigenvalue weighted by Gasteiger charge is -2.28.